The number of halogens is 2. The van der Waals surface area contributed by atoms with Gasteiger partial charge in [-0.1, -0.05) is 72.9 Å². The van der Waals surface area contributed by atoms with E-state index in [4.69, 9.17) is 42.1 Å². The fourth-order valence-corrected chi connectivity index (χ4v) is 10.1. The maximum absolute atomic E-state index is 12.6. The maximum Gasteiger partial charge on any atom is 0.321 e. The molecule has 0 aliphatic heterocycles. The second kappa shape index (κ2) is 26.9. The van der Waals surface area contributed by atoms with E-state index in [2.05, 4.69) is 34.2 Å². The van der Waals surface area contributed by atoms with Crippen LogP contribution in [0.5, 0.6) is 23.0 Å². The van der Waals surface area contributed by atoms with Crippen LogP contribution >= 0.6 is 23.2 Å². The summed E-state index contributed by atoms with van der Waals surface area (Å²) >= 11 is 14.0. The molecule has 3 N–H and O–H groups in total. The highest BCUT2D eigenvalue weighted by Crippen LogP contribution is 2.40. The van der Waals surface area contributed by atoms with E-state index < -0.39 is 24.0 Å². The van der Waals surface area contributed by atoms with Crippen molar-refractivity contribution in [2.45, 2.75) is 117 Å². The first kappa shape index (κ1) is 56.9. The second-order valence-electron chi connectivity index (χ2n) is 20.3. The lowest BCUT2D eigenvalue weighted by Gasteiger charge is -2.30. The minimum absolute atomic E-state index is 0.0658. The summed E-state index contributed by atoms with van der Waals surface area (Å²) in [5.74, 6) is 0.589. The third kappa shape index (κ3) is 15.1. The third-order valence-corrected chi connectivity index (χ3v) is 14.9. The molecule has 0 bridgehead atoms. The van der Waals surface area contributed by atoms with E-state index in [1.54, 1.807) is 48.8 Å². The number of benzene rings is 4. The first-order valence-corrected chi connectivity index (χ1v) is 27.1. The predicted molar refractivity (Wildman–Crippen MR) is 295 cm³/mol. The standard InChI is InChI=1S/C61H64Cl2N6O9/c1-4-7-54(60(71)72)68(30-40-12-13-40)32-48-20-52(62)58(22-56(48)75-34-44-18-42(24-64)26-66-28-44)77-36-46-8-5-10-50(38(46)2)51-11-6-9-47(39(51)3)37-78-59-23-57(76-35-45-19-43(25-65)27-67-29-45)49(21-53(59)63)33-69(31-41-14-15-41)55(16-17-70)61(73)74/h5-6,8-11,18-23,26-29,40-41,54-55,70H,4,7,12-17,30-37H2,1-3H3,(H,71,72)(H,73,74). The van der Waals surface area contributed by atoms with Crippen LogP contribution in [0.25, 0.3) is 11.1 Å². The van der Waals surface area contributed by atoms with Gasteiger partial charge in [-0.2, -0.15) is 10.5 Å². The molecular formula is C61H64Cl2N6O9. The summed E-state index contributed by atoms with van der Waals surface area (Å²) in [6, 6.07) is 25.2. The summed E-state index contributed by atoms with van der Waals surface area (Å²) in [7, 11) is 0. The Bertz CT molecular complexity index is 2980. The summed E-state index contributed by atoms with van der Waals surface area (Å²) in [6.45, 7) is 8.02. The van der Waals surface area contributed by atoms with Crippen LogP contribution in [0.1, 0.15) is 108 Å². The van der Waals surface area contributed by atoms with Crippen LogP contribution in [0, 0.1) is 48.3 Å². The van der Waals surface area contributed by atoms with Gasteiger partial charge >= 0.3 is 11.9 Å². The number of ether oxygens (including phenoxy) is 4. The van der Waals surface area contributed by atoms with Gasteiger partial charge in [0.1, 0.15) is 73.6 Å². The van der Waals surface area contributed by atoms with Crippen LogP contribution in [0.2, 0.25) is 10.0 Å². The molecule has 17 heteroatoms. The number of hydrogen-bond donors (Lipinski definition) is 3. The van der Waals surface area contributed by atoms with Crippen molar-refractivity contribution < 1.29 is 43.9 Å². The molecule has 2 aliphatic carbocycles. The van der Waals surface area contributed by atoms with Gasteiger partial charge in [0.25, 0.3) is 0 Å². The van der Waals surface area contributed by atoms with E-state index >= 15 is 0 Å². The van der Waals surface area contributed by atoms with E-state index in [0.717, 1.165) is 71.0 Å². The first-order chi connectivity index (χ1) is 37.7. The van der Waals surface area contributed by atoms with Gasteiger partial charge in [0.15, 0.2) is 0 Å². The van der Waals surface area contributed by atoms with Crippen LogP contribution in [0.4, 0.5) is 0 Å². The molecule has 2 heterocycles. The number of nitriles is 2. The number of nitrogens with zero attached hydrogens (tertiary/aromatic N) is 6. The number of carboxylic acid groups (broad SMARTS) is 2. The molecule has 6 aromatic rings. The number of aromatic nitrogens is 2. The Morgan fingerprint density at radius 1 is 0.615 bits per heavy atom. The Labute approximate surface area is 465 Å². The molecule has 2 saturated carbocycles. The molecule has 0 spiro atoms. The summed E-state index contributed by atoms with van der Waals surface area (Å²) < 4.78 is 25.8. The Morgan fingerprint density at radius 3 is 1.42 bits per heavy atom. The van der Waals surface area contributed by atoms with Crippen molar-refractivity contribution in [3.8, 4) is 46.3 Å². The third-order valence-electron chi connectivity index (χ3n) is 14.4. The Kier molecular flexibility index (Phi) is 19.6. The molecule has 8 rings (SSSR count). The Balaban J connectivity index is 1.02. The van der Waals surface area contributed by atoms with Gasteiger partial charge in [-0.05, 0) is 122 Å². The lowest BCUT2D eigenvalue weighted by atomic mass is 9.92. The average Bonchev–Trinajstić information content (AvgIpc) is 4.40. The number of rotatable bonds is 29. The largest absolute Gasteiger partial charge is 0.488 e. The van der Waals surface area contributed by atoms with Crippen LogP contribution in [0.15, 0.2) is 97.6 Å². The fourth-order valence-electron chi connectivity index (χ4n) is 9.67. The minimum Gasteiger partial charge on any atom is -0.488 e. The van der Waals surface area contributed by atoms with Gasteiger partial charge in [0.2, 0.25) is 0 Å². The number of carboxylic acids is 2. The monoisotopic (exact) mass is 1090 g/mol. The molecule has 0 amide bonds. The van der Waals surface area contributed by atoms with Gasteiger partial charge in [-0.3, -0.25) is 29.4 Å². The van der Waals surface area contributed by atoms with Crippen LogP contribution < -0.4 is 18.9 Å². The topological polar surface area (TPSA) is 212 Å². The van der Waals surface area contributed by atoms with Crippen molar-refractivity contribution in [3.63, 3.8) is 0 Å². The molecule has 2 aliphatic rings. The van der Waals surface area contributed by atoms with Crippen LogP contribution in [-0.2, 0) is 49.1 Å². The highest BCUT2D eigenvalue weighted by Gasteiger charge is 2.34. The zero-order chi connectivity index (χ0) is 55.3. The molecule has 2 aromatic heterocycles. The van der Waals surface area contributed by atoms with Crippen molar-refractivity contribution >= 4 is 35.1 Å². The van der Waals surface area contributed by atoms with Gasteiger partial charge in [0, 0.05) is 92.0 Å². The molecule has 406 valence electrons. The van der Waals surface area contributed by atoms with Crippen molar-refractivity contribution in [3.05, 3.63) is 163 Å². The summed E-state index contributed by atoms with van der Waals surface area (Å²) in [4.78, 5) is 37.3. The summed E-state index contributed by atoms with van der Waals surface area (Å²) in [5, 5.41) is 50.0. The number of hydrogen-bond acceptors (Lipinski definition) is 13. The molecule has 2 unspecified atom stereocenters. The van der Waals surface area contributed by atoms with E-state index in [1.165, 1.54) is 12.4 Å². The smallest absolute Gasteiger partial charge is 0.321 e. The van der Waals surface area contributed by atoms with Gasteiger partial charge in [-0.15, -0.1) is 0 Å². The van der Waals surface area contributed by atoms with Gasteiger partial charge in [-0.25, -0.2) is 0 Å². The van der Waals surface area contributed by atoms with Crippen molar-refractivity contribution in [1.29, 1.82) is 10.5 Å². The van der Waals surface area contributed by atoms with Crippen LogP contribution in [0.3, 0.4) is 0 Å². The molecule has 0 saturated heterocycles. The van der Waals surface area contributed by atoms with E-state index in [0.29, 0.717) is 98.8 Å². The normalized spacial score (nSPS) is 13.9. The van der Waals surface area contributed by atoms with E-state index in [1.807, 2.05) is 54.8 Å². The van der Waals surface area contributed by atoms with Crippen molar-refractivity contribution in [2.24, 2.45) is 11.8 Å². The fraction of sp³-hybridized carbons (Fsp3) is 0.377. The molecule has 4 aromatic carbocycles. The summed E-state index contributed by atoms with van der Waals surface area (Å²) in [5.41, 5.74) is 9.33. The molecule has 0 radical (unpaired) electrons. The maximum atomic E-state index is 12.6. The van der Waals surface area contributed by atoms with Crippen molar-refractivity contribution in [2.75, 3.05) is 19.7 Å². The highest BCUT2D eigenvalue weighted by molar-refractivity contribution is 6.32. The second-order valence-corrected chi connectivity index (χ2v) is 21.1. The zero-order valence-corrected chi connectivity index (χ0v) is 45.6. The quantitative estimate of drug-likeness (QED) is 0.0399. The summed E-state index contributed by atoms with van der Waals surface area (Å²) in [6.07, 6.45) is 11.6. The molecular weight excluding hydrogens is 1030 g/mol. The van der Waals surface area contributed by atoms with E-state index in [9.17, 15) is 35.4 Å². The minimum atomic E-state index is -1.02. The SMILES string of the molecule is CCCC(C(=O)O)N(Cc1cc(Cl)c(OCc2cccc(-c3cccc(COc4cc(OCc5cncc(C#N)c5)c(CN(CC5CC5)C(CCO)C(=O)O)cc4Cl)c3C)c2C)cc1OCc1cncc(C#N)c1)CC1CC1. The lowest BCUT2D eigenvalue weighted by molar-refractivity contribution is -0.145. The zero-order valence-electron chi connectivity index (χ0n) is 44.1. The number of aliphatic hydroxyl groups excluding tert-OH is 1. The predicted octanol–water partition coefficient (Wildman–Crippen LogP) is 11.6. The first-order valence-electron chi connectivity index (χ1n) is 26.3. The van der Waals surface area contributed by atoms with E-state index in [-0.39, 0.29) is 46.0 Å². The Hall–Kier alpha value is -7.24. The average molecular weight is 1100 g/mol. The lowest BCUT2D eigenvalue weighted by Crippen LogP contribution is -2.42. The van der Waals surface area contributed by atoms with Crippen LogP contribution in [-0.4, -0.2) is 78.8 Å². The number of aliphatic carboxylic acids is 2. The Morgan fingerprint density at radius 2 is 1.04 bits per heavy atom. The highest BCUT2D eigenvalue weighted by atomic mass is 35.5. The van der Waals surface area contributed by atoms with Crippen molar-refractivity contribution in [1.82, 2.24) is 19.8 Å². The molecule has 2 atom stereocenters. The molecule has 2 fully saturated rings. The van der Waals surface area contributed by atoms with Gasteiger partial charge < -0.3 is 34.3 Å². The number of carbonyl (C=O) groups is 2. The number of aliphatic hydroxyl groups is 1. The molecule has 15 nitrogen and oxygen atoms in total. The number of pyridine rings is 2. The van der Waals surface area contributed by atoms with Gasteiger partial charge in [0.05, 0.1) is 21.2 Å². The molecule has 78 heavy (non-hydrogen) atoms.